The second-order valence-electron chi connectivity index (χ2n) is 5.22. The Kier molecular flexibility index (Phi) is 4.97. The van der Waals surface area contributed by atoms with E-state index in [0.717, 1.165) is 4.68 Å². The van der Waals surface area contributed by atoms with Crippen molar-refractivity contribution in [3.63, 3.8) is 0 Å². The molecule has 3 rings (SSSR count). The van der Waals surface area contributed by atoms with E-state index in [9.17, 15) is 4.79 Å². The summed E-state index contributed by atoms with van der Waals surface area (Å²) in [4.78, 5) is 12.5. The number of anilines is 1. The summed E-state index contributed by atoms with van der Waals surface area (Å²) >= 11 is 0. The van der Waals surface area contributed by atoms with Crippen molar-refractivity contribution < 1.29 is 18.9 Å². The molecule has 0 atom stereocenters. The normalized spacial score (nSPS) is 10.9. The zero-order valence-electron chi connectivity index (χ0n) is 14.7. The Morgan fingerprint density at radius 1 is 1.33 bits per heavy atom. The van der Waals surface area contributed by atoms with Crippen molar-refractivity contribution in [3.05, 3.63) is 35.2 Å². The molecule has 12 nitrogen and oxygen atoms in total. The van der Waals surface area contributed by atoms with Gasteiger partial charge in [0.15, 0.2) is 5.69 Å². The summed E-state index contributed by atoms with van der Waals surface area (Å²) in [6.07, 6.45) is 1.44. The van der Waals surface area contributed by atoms with Gasteiger partial charge < -0.3 is 15.2 Å². The van der Waals surface area contributed by atoms with Gasteiger partial charge in [-0.25, -0.2) is 10.1 Å². The summed E-state index contributed by atoms with van der Waals surface area (Å²) in [5.74, 6) is 0.639. The topological polar surface area (TPSA) is 156 Å². The van der Waals surface area contributed by atoms with Crippen LogP contribution in [0.1, 0.15) is 21.7 Å². The molecule has 140 valence electrons. The van der Waals surface area contributed by atoms with Gasteiger partial charge in [-0.15, -0.1) is 5.10 Å². The fourth-order valence-corrected chi connectivity index (χ4v) is 2.24. The van der Waals surface area contributed by atoms with E-state index in [2.05, 4.69) is 35.8 Å². The highest BCUT2D eigenvalue weighted by Crippen LogP contribution is 2.23. The summed E-state index contributed by atoms with van der Waals surface area (Å²) in [6.45, 7) is 1.61. The van der Waals surface area contributed by atoms with E-state index in [-0.39, 0.29) is 17.3 Å². The quantitative estimate of drug-likeness (QED) is 0.459. The van der Waals surface area contributed by atoms with Gasteiger partial charge in [-0.05, 0) is 29.4 Å². The van der Waals surface area contributed by atoms with Crippen molar-refractivity contribution in [1.29, 1.82) is 0 Å². The number of nitrogen functional groups attached to an aromatic ring is 1. The number of hydrogen-bond donors (Lipinski definition) is 2. The number of rotatable bonds is 6. The molecule has 0 aliphatic rings. The molecule has 0 spiro atoms. The Morgan fingerprint density at radius 3 is 2.81 bits per heavy atom. The van der Waals surface area contributed by atoms with E-state index in [0.29, 0.717) is 22.8 Å². The summed E-state index contributed by atoms with van der Waals surface area (Å²) in [5.41, 5.74) is 9.13. The fraction of sp³-hybridized carbons (Fsp3) is 0.200. The maximum atomic E-state index is 12.5. The first-order valence-corrected chi connectivity index (χ1v) is 7.61. The van der Waals surface area contributed by atoms with Crippen molar-refractivity contribution in [1.82, 2.24) is 30.7 Å². The van der Waals surface area contributed by atoms with Crippen molar-refractivity contribution in [2.24, 2.45) is 5.10 Å². The van der Waals surface area contributed by atoms with E-state index in [4.69, 9.17) is 15.2 Å². The highest BCUT2D eigenvalue weighted by molar-refractivity contribution is 5.95. The number of benzene rings is 1. The van der Waals surface area contributed by atoms with E-state index in [1.54, 1.807) is 32.2 Å². The molecule has 2 aromatic heterocycles. The summed E-state index contributed by atoms with van der Waals surface area (Å²) in [5, 5.41) is 18.7. The third-order valence-corrected chi connectivity index (χ3v) is 3.56. The van der Waals surface area contributed by atoms with Crippen LogP contribution in [0.4, 0.5) is 5.82 Å². The minimum absolute atomic E-state index is 0.0274. The molecule has 0 aliphatic carbocycles. The Balaban J connectivity index is 1.81. The number of nitrogens with one attached hydrogen (secondary N) is 1. The van der Waals surface area contributed by atoms with Gasteiger partial charge in [-0.3, -0.25) is 4.79 Å². The van der Waals surface area contributed by atoms with Crippen LogP contribution in [0.15, 0.2) is 27.9 Å². The van der Waals surface area contributed by atoms with Crippen LogP contribution in [-0.2, 0) is 0 Å². The molecule has 1 aromatic carbocycles. The second kappa shape index (κ2) is 7.51. The van der Waals surface area contributed by atoms with Crippen LogP contribution in [0.3, 0.4) is 0 Å². The third kappa shape index (κ3) is 3.53. The van der Waals surface area contributed by atoms with E-state index in [1.807, 2.05) is 0 Å². The van der Waals surface area contributed by atoms with E-state index >= 15 is 0 Å². The lowest BCUT2D eigenvalue weighted by Crippen LogP contribution is -2.22. The molecule has 3 aromatic rings. The van der Waals surface area contributed by atoms with Crippen LogP contribution in [0.2, 0.25) is 0 Å². The van der Waals surface area contributed by atoms with Crippen LogP contribution >= 0.6 is 0 Å². The number of methoxy groups -OCH3 is 2. The second-order valence-corrected chi connectivity index (χ2v) is 5.22. The zero-order chi connectivity index (χ0) is 19.4. The van der Waals surface area contributed by atoms with Crippen molar-refractivity contribution in [3.8, 4) is 17.3 Å². The SMILES string of the molecule is COc1ccc(C=NNC(=O)c2c(C)nnn2-c2nonc2N)c(OC)c1. The molecule has 0 radical (unpaired) electrons. The highest BCUT2D eigenvalue weighted by atomic mass is 16.6. The smallest absolute Gasteiger partial charge is 0.292 e. The van der Waals surface area contributed by atoms with Gasteiger partial charge in [0.1, 0.15) is 11.5 Å². The van der Waals surface area contributed by atoms with Gasteiger partial charge in [-0.2, -0.15) is 9.78 Å². The molecule has 0 aliphatic heterocycles. The molecule has 0 bridgehead atoms. The number of aromatic nitrogens is 5. The van der Waals surface area contributed by atoms with Gasteiger partial charge >= 0.3 is 0 Å². The van der Waals surface area contributed by atoms with Crippen LogP contribution in [-0.4, -0.2) is 51.6 Å². The number of nitrogens with two attached hydrogens (primary N) is 1. The van der Waals surface area contributed by atoms with E-state index < -0.39 is 5.91 Å². The summed E-state index contributed by atoms with van der Waals surface area (Å²) < 4.78 is 16.1. The third-order valence-electron chi connectivity index (χ3n) is 3.56. The maximum Gasteiger partial charge on any atom is 0.292 e. The summed E-state index contributed by atoms with van der Waals surface area (Å²) in [6, 6.07) is 5.19. The lowest BCUT2D eigenvalue weighted by atomic mass is 10.2. The predicted molar refractivity (Wildman–Crippen MR) is 93.0 cm³/mol. The first kappa shape index (κ1) is 17.8. The standard InChI is InChI=1S/C15H16N8O4/c1-8-12(23(22-18-8)14-13(16)20-27-21-14)15(24)19-17-7-9-4-5-10(25-2)6-11(9)26-3/h4-7H,1-3H3,(H2,16,20)(H,19,24). The minimum atomic E-state index is -0.566. The number of hydrazone groups is 1. The Morgan fingerprint density at radius 2 is 2.15 bits per heavy atom. The minimum Gasteiger partial charge on any atom is -0.497 e. The van der Waals surface area contributed by atoms with Gasteiger partial charge in [0.05, 0.1) is 26.1 Å². The molecular formula is C15H16N8O4. The highest BCUT2D eigenvalue weighted by Gasteiger charge is 2.22. The number of carbonyl (C=O) groups excluding carboxylic acids is 1. The number of carbonyl (C=O) groups is 1. The Hall–Kier alpha value is -3.96. The number of ether oxygens (including phenoxy) is 2. The van der Waals surface area contributed by atoms with Gasteiger partial charge in [-0.1, -0.05) is 5.21 Å². The lowest BCUT2D eigenvalue weighted by molar-refractivity contribution is 0.0946. The predicted octanol–water partition coefficient (Wildman–Crippen LogP) is 0.322. The maximum absolute atomic E-state index is 12.5. The molecule has 1 amide bonds. The monoisotopic (exact) mass is 372 g/mol. The molecule has 3 N–H and O–H groups in total. The average molecular weight is 372 g/mol. The largest absolute Gasteiger partial charge is 0.497 e. The van der Waals surface area contributed by atoms with Gasteiger partial charge in [0.25, 0.3) is 5.91 Å². The first-order valence-electron chi connectivity index (χ1n) is 7.61. The Bertz CT molecular complexity index is 994. The average Bonchev–Trinajstić information content (AvgIpc) is 3.26. The van der Waals surface area contributed by atoms with Crippen molar-refractivity contribution in [2.75, 3.05) is 20.0 Å². The van der Waals surface area contributed by atoms with Crippen LogP contribution in [0.25, 0.3) is 5.82 Å². The molecule has 27 heavy (non-hydrogen) atoms. The molecular weight excluding hydrogens is 356 g/mol. The number of hydrogen-bond acceptors (Lipinski definition) is 10. The number of nitrogens with zero attached hydrogens (tertiary/aromatic N) is 6. The number of amides is 1. The first-order chi connectivity index (χ1) is 13.0. The van der Waals surface area contributed by atoms with Gasteiger partial charge in [0, 0.05) is 11.6 Å². The molecule has 0 saturated heterocycles. The molecule has 0 saturated carbocycles. The molecule has 2 heterocycles. The van der Waals surface area contributed by atoms with Crippen LogP contribution in [0, 0.1) is 6.92 Å². The van der Waals surface area contributed by atoms with Gasteiger partial charge in [0.2, 0.25) is 11.6 Å². The van der Waals surface area contributed by atoms with Crippen LogP contribution in [0.5, 0.6) is 11.5 Å². The Labute approximate surface area is 152 Å². The van der Waals surface area contributed by atoms with Crippen LogP contribution < -0.4 is 20.6 Å². The van der Waals surface area contributed by atoms with E-state index in [1.165, 1.54) is 13.3 Å². The lowest BCUT2D eigenvalue weighted by Gasteiger charge is -2.07. The zero-order valence-corrected chi connectivity index (χ0v) is 14.7. The molecule has 12 heteroatoms. The summed E-state index contributed by atoms with van der Waals surface area (Å²) in [7, 11) is 3.08. The number of aryl methyl sites for hydroxylation is 1. The van der Waals surface area contributed by atoms with Crippen molar-refractivity contribution in [2.45, 2.75) is 6.92 Å². The van der Waals surface area contributed by atoms with Crippen molar-refractivity contribution >= 4 is 17.9 Å². The fourth-order valence-electron chi connectivity index (χ4n) is 2.24. The molecule has 0 fully saturated rings. The molecule has 0 unspecified atom stereocenters.